The molecule has 1 aliphatic heterocycles. The van der Waals surface area contributed by atoms with Crippen LogP contribution in [0.3, 0.4) is 0 Å². The average Bonchev–Trinajstić information content (AvgIpc) is 2.74. The minimum Gasteiger partial charge on any atom is -0.497 e. The summed E-state index contributed by atoms with van der Waals surface area (Å²) in [6, 6.07) is 15.0. The molecule has 0 aromatic heterocycles. The van der Waals surface area contributed by atoms with E-state index in [0.29, 0.717) is 6.54 Å². The first-order valence-corrected chi connectivity index (χ1v) is 9.92. The number of ether oxygens (including phenoxy) is 3. The Bertz CT molecular complexity index is 831. The van der Waals surface area contributed by atoms with E-state index in [1.807, 2.05) is 48.5 Å². The Morgan fingerprint density at radius 1 is 1.00 bits per heavy atom. The van der Waals surface area contributed by atoms with Gasteiger partial charge in [0.1, 0.15) is 5.75 Å². The van der Waals surface area contributed by atoms with Gasteiger partial charge in [0.05, 0.1) is 26.4 Å². The molecule has 1 aliphatic rings. The number of hydrogen-bond donors (Lipinski definition) is 0. The van der Waals surface area contributed by atoms with E-state index in [-0.39, 0.29) is 13.2 Å². The van der Waals surface area contributed by atoms with Crippen molar-refractivity contribution in [3.8, 4) is 5.75 Å². The highest BCUT2D eigenvalue weighted by Crippen LogP contribution is 2.40. The molecule has 0 fully saturated rings. The Balaban J connectivity index is 2.09. The third-order valence-electron chi connectivity index (χ3n) is 5.13. The summed E-state index contributed by atoms with van der Waals surface area (Å²) in [6.07, 6.45) is 0.817. The van der Waals surface area contributed by atoms with E-state index in [1.54, 1.807) is 21.0 Å². The van der Waals surface area contributed by atoms with Gasteiger partial charge >= 0.3 is 11.9 Å². The van der Waals surface area contributed by atoms with Gasteiger partial charge in [0.25, 0.3) is 0 Å². The number of benzene rings is 2. The summed E-state index contributed by atoms with van der Waals surface area (Å²) in [5.41, 5.74) is 2.98. The van der Waals surface area contributed by atoms with Crippen LogP contribution in [0.4, 0.5) is 5.69 Å². The first-order valence-electron chi connectivity index (χ1n) is 9.92. The maximum Gasteiger partial charge on any atom is 0.322 e. The highest BCUT2D eigenvalue weighted by atomic mass is 16.6. The predicted molar refractivity (Wildman–Crippen MR) is 110 cm³/mol. The van der Waals surface area contributed by atoms with Crippen LogP contribution >= 0.6 is 0 Å². The molecule has 2 aromatic carbocycles. The fraction of sp³-hybridized carbons (Fsp3) is 0.391. The highest BCUT2D eigenvalue weighted by molar-refractivity contribution is 5.96. The maximum atomic E-state index is 12.9. The van der Waals surface area contributed by atoms with Gasteiger partial charge in [0.15, 0.2) is 5.92 Å². The maximum absolute atomic E-state index is 12.9. The van der Waals surface area contributed by atoms with Crippen molar-refractivity contribution in [2.45, 2.75) is 26.3 Å². The molecule has 29 heavy (non-hydrogen) atoms. The number of anilines is 1. The molecule has 3 rings (SSSR count). The van der Waals surface area contributed by atoms with Gasteiger partial charge in [-0.1, -0.05) is 24.3 Å². The lowest BCUT2D eigenvalue weighted by Gasteiger charge is -2.41. The number of hydrogen-bond acceptors (Lipinski definition) is 6. The van der Waals surface area contributed by atoms with Crippen LogP contribution in [0.2, 0.25) is 0 Å². The van der Waals surface area contributed by atoms with Crippen LogP contribution in [0, 0.1) is 5.92 Å². The third-order valence-corrected chi connectivity index (χ3v) is 5.13. The molecule has 1 unspecified atom stereocenters. The Kier molecular flexibility index (Phi) is 6.75. The van der Waals surface area contributed by atoms with E-state index >= 15 is 0 Å². The van der Waals surface area contributed by atoms with E-state index in [2.05, 4.69) is 4.90 Å². The molecule has 0 amide bonds. The molecular weight excluding hydrogens is 370 g/mol. The second-order valence-electron chi connectivity index (χ2n) is 6.77. The summed E-state index contributed by atoms with van der Waals surface area (Å²) >= 11 is 0. The summed E-state index contributed by atoms with van der Waals surface area (Å²) in [6.45, 7) is 4.53. The second kappa shape index (κ2) is 9.45. The molecule has 6 nitrogen and oxygen atoms in total. The first kappa shape index (κ1) is 20.7. The standard InChI is InChI=1S/C23H27NO5/c1-4-28-22(25)20(23(26)29-5-2)21-19-9-7-6-8-16(19)14-15-24(21)17-10-12-18(27-3)13-11-17/h6-13,20-21H,4-5,14-15H2,1-3H3. The molecule has 0 bridgehead atoms. The smallest absolute Gasteiger partial charge is 0.322 e. The van der Waals surface area contributed by atoms with Crippen molar-refractivity contribution in [3.05, 3.63) is 59.7 Å². The number of fused-ring (bicyclic) bond motifs is 1. The molecule has 0 saturated carbocycles. The molecule has 1 atom stereocenters. The molecule has 6 heteroatoms. The molecule has 0 aliphatic carbocycles. The zero-order valence-corrected chi connectivity index (χ0v) is 17.1. The van der Waals surface area contributed by atoms with Gasteiger partial charge < -0.3 is 19.1 Å². The predicted octanol–water partition coefficient (Wildman–Crippen LogP) is 3.54. The lowest BCUT2D eigenvalue weighted by Crippen LogP contribution is -2.46. The molecule has 1 heterocycles. The van der Waals surface area contributed by atoms with Gasteiger partial charge in [-0.25, -0.2) is 0 Å². The Hall–Kier alpha value is -3.02. The molecule has 0 saturated heterocycles. The number of methoxy groups -OCH3 is 1. The van der Waals surface area contributed by atoms with E-state index in [0.717, 1.165) is 29.0 Å². The fourth-order valence-electron chi connectivity index (χ4n) is 3.84. The van der Waals surface area contributed by atoms with Crippen LogP contribution in [0.1, 0.15) is 31.0 Å². The van der Waals surface area contributed by atoms with Gasteiger partial charge in [-0.15, -0.1) is 0 Å². The zero-order valence-electron chi connectivity index (χ0n) is 17.1. The van der Waals surface area contributed by atoms with Crippen molar-refractivity contribution in [2.24, 2.45) is 5.92 Å². The summed E-state index contributed by atoms with van der Waals surface area (Å²) in [5, 5.41) is 0. The van der Waals surface area contributed by atoms with Crippen LogP contribution < -0.4 is 9.64 Å². The molecule has 0 N–H and O–H groups in total. The molecule has 2 aromatic rings. The topological polar surface area (TPSA) is 65.1 Å². The monoisotopic (exact) mass is 397 g/mol. The minimum atomic E-state index is -1.07. The quantitative estimate of drug-likeness (QED) is 0.526. The van der Waals surface area contributed by atoms with Crippen LogP contribution in [-0.2, 0) is 25.5 Å². The summed E-state index contributed by atoms with van der Waals surface area (Å²) in [4.78, 5) is 27.8. The SMILES string of the molecule is CCOC(=O)C(C(=O)OCC)C1c2ccccc2CCN1c1ccc(OC)cc1. The van der Waals surface area contributed by atoms with Gasteiger partial charge in [0, 0.05) is 12.2 Å². The van der Waals surface area contributed by atoms with Gasteiger partial charge in [-0.2, -0.15) is 0 Å². The second-order valence-corrected chi connectivity index (χ2v) is 6.77. The van der Waals surface area contributed by atoms with E-state index in [1.165, 1.54) is 0 Å². The number of carbonyl (C=O) groups excluding carboxylic acids is 2. The number of esters is 2. The summed E-state index contributed by atoms with van der Waals surface area (Å²) < 4.78 is 15.8. The van der Waals surface area contributed by atoms with Crippen LogP contribution in [-0.4, -0.2) is 38.8 Å². The molecule has 0 spiro atoms. The van der Waals surface area contributed by atoms with E-state index < -0.39 is 23.9 Å². The van der Waals surface area contributed by atoms with Crippen molar-refractivity contribution in [1.82, 2.24) is 0 Å². The van der Waals surface area contributed by atoms with Crippen molar-refractivity contribution >= 4 is 17.6 Å². The van der Waals surface area contributed by atoms with Gasteiger partial charge in [0.2, 0.25) is 0 Å². The van der Waals surface area contributed by atoms with Crippen LogP contribution in [0.15, 0.2) is 48.5 Å². The Labute approximate surface area is 171 Å². The average molecular weight is 397 g/mol. The minimum absolute atomic E-state index is 0.200. The number of nitrogens with zero attached hydrogens (tertiary/aromatic N) is 1. The summed E-state index contributed by atoms with van der Waals surface area (Å²) in [7, 11) is 1.62. The largest absolute Gasteiger partial charge is 0.497 e. The number of carbonyl (C=O) groups is 2. The van der Waals surface area contributed by atoms with Crippen molar-refractivity contribution < 1.29 is 23.8 Å². The van der Waals surface area contributed by atoms with Crippen molar-refractivity contribution in [1.29, 1.82) is 0 Å². The van der Waals surface area contributed by atoms with Crippen molar-refractivity contribution in [2.75, 3.05) is 31.8 Å². The first-order chi connectivity index (χ1) is 14.1. The Morgan fingerprint density at radius 3 is 2.21 bits per heavy atom. The number of rotatable bonds is 7. The van der Waals surface area contributed by atoms with Crippen LogP contribution in [0.25, 0.3) is 0 Å². The zero-order chi connectivity index (χ0) is 20.8. The lowest BCUT2D eigenvalue weighted by atomic mass is 9.84. The van der Waals surface area contributed by atoms with Gasteiger partial charge in [-0.3, -0.25) is 9.59 Å². The fourth-order valence-corrected chi connectivity index (χ4v) is 3.84. The van der Waals surface area contributed by atoms with E-state index in [9.17, 15) is 9.59 Å². The van der Waals surface area contributed by atoms with E-state index in [4.69, 9.17) is 14.2 Å². The lowest BCUT2D eigenvalue weighted by molar-refractivity contribution is -0.162. The van der Waals surface area contributed by atoms with Crippen LogP contribution in [0.5, 0.6) is 5.75 Å². The molecule has 0 radical (unpaired) electrons. The molecule has 154 valence electrons. The normalized spacial score (nSPS) is 15.6. The van der Waals surface area contributed by atoms with Crippen molar-refractivity contribution in [3.63, 3.8) is 0 Å². The summed E-state index contributed by atoms with van der Waals surface area (Å²) in [5.74, 6) is -1.45. The third kappa shape index (κ3) is 4.36. The van der Waals surface area contributed by atoms with Gasteiger partial charge in [-0.05, 0) is 55.7 Å². The highest BCUT2D eigenvalue weighted by Gasteiger charge is 2.44. The molecular formula is C23H27NO5. The Morgan fingerprint density at radius 2 is 1.62 bits per heavy atom.